The molecule has 50 heavy (non-hydrogen) atoms. The van der Waals surface area contributed by atoms with Crippen molar-refractivity contribution in [3.8, 4) is 22.5 Å². The molecule has 0 bridgehead atoms. The first-order chi connectivity index (χ1) is 24.7. The highest BCUT2D eigenvalue weighted by atomic mass is 16.1. The van der Waals surface area contributed by atoms with Crippen molar-refractivity contribution in [2.24, 2.45) is 0 Å². The van der Waals surface area contributed by atoms with Crippen LogP contribution in [0.15, 0.2) is 156 Å². The number of para-hydroxylation sites is 3. The van der Waals surface area contributed by atoms with E-state index >= 15 is 0 Å². The first-order valence-electron chi connectivity index (χ1n) is 16.9. The molecule has 4 heterocycles. The number of imidazole rings is 1. The molecule has 0 atom stereocenters. The van der Waals surface area contributed by atoms with E-state index < -0.39 is 0 Å². The third kappa shape index (κ3) is 3.55. The molecular formula is C45H28N4O. The number of pyridine rings is 1. The van der Waals surface area contributed by atoms with E-state index in [-0.39, 0.29) is 5.56 Å². The number of benzene rings is 7. The van der Waals surface area contributed by atoms with E-state index in [0.717, 1.165) is 44.2 Å². The van der Waals surface area contributed by atoms with Gasteiger partial charge < -0.3 is 9.13 Å². The van der Waals surface area contributed by atoms with E-state index in [1.165, 1.54) is 43.7 Å². The molecule has 0 unspecified atom stereocenters. The van der Waals surface area contributed by atoms with Gasteiger partial charge in [0.25, 0.3) is 5.56 Å². The largest absolute Gasteiger partial charge is 0.309 e. The van der Waals surface area contributed by atoms with Crippen LogP contribution in [-0.4, -0.2) is 18.5 Å². The van der Waals surface area contributed by atoms with Crippen molar-refractivity contribution >= 4 is 70.8 Å². The number of fused-ring (bicyclic) bond motifs is 8. The van der Waals surface area contributed by atoms with E-state index in [9.17, 15) is 4.79 Å². The number of hydrogen-bond donors (Lipinski definition) is 0. The molecule has 0 aliphatic heterocycles. The molecule has 0 fully saturated rings. The summed E-state index contributed by atoms with van der Waals surface area (Å²) in [4.78, 5) is 18.5. The Labute approximate surface area is 285 Å². The van der Waals surface area contributed by atoms with E-state index in [1.807, 2.05) is 25.1 Å². The van der Waals surface area contributed by atoms with Crippen LogP contribution in [0, 0.1) is 6.92 Å². The van der Waals surface area contributed by atoms with Gasteiger partial charge in [-0.15, -0.1) is 0 Å². The number of rotatable bonds is 3. The summed E-state index contributed by atoms with van der Waals surface area (Å²) in [5, 5.41) is 7.51. The summed E-state index contributed by atoms with van der Waals surface area (Å²) in [6.45, 7) is 1.91. The second kappa shape index (κ2) is 9.91. The van der Waals surface area contributed by atoms with Crippen molar-refractivity contribution in [3.63, 3.8) is 0 Å². The van der Waals surface area contributed by atoms with Gasteiger partial charge in [-0.1, -0.05) is 84.9 Å². The highest BCUT2D eigenvalue weighted by Crippen LogP contribution is 2.41. The summed E-state index contributed by atoms with van der Waals surface area (Å²) in [6, 6.07) is 53.7. The summed E-state index contributed by atoms with van der Waals surface area (Å²) in [6.07, 6.45) is 0. The standard InChI is InChI=1S/C45H28N4O/c1-27-46-37-21-24-42(43-33-15-5-6-16-34(33)45(50)47(27)44(37)43)49-39-18-10-8-14-32(39)36-26-29(20-23-41(36)49)28-19-22-40-35(25-28)31-13-7-9-17-38(31)48(40)30-11-3-2-4-12-30/h2-26H,1H3. The summed E-state index contributed by atoms with van der Waals surface area (Å²) < 4.78 is 6.50. The maximum Gasteiger partial charge on any atom is 0.264 e. The van der Waals surface area contributed by atoms with E-state index in [1.54, 1.807) is 4.40 Å². The van der Waals surface area contributed by atoms with Gasteiger partial charge in [0.05, 0.1) is 38.8 Å². The van der Waals surface area contributed by atoms with E-state index in [4.69, 9.17) is 4.98 Å². The van der Waals surface area contributed by atoms with Crippen molar-refractivity contribution in [2.45, 2.75) is 6.92 Å². The SMILES string of the molecule is Cc1nc2ccc(-n3c4ccccc4c4cc(-c5ccc6c(c5)c5ccccc5n6-c5ccccc5)ccc43)c3c4ccccc4c(=O)n1c23. The molecule has 4 aromatic heterocycles. The monoisotopic (exact) mass is 640 g/mol. The first kappa shape index (κ1) is 27.3. The quantitative estimate of drug-likeness (QED) is 0.180. The summed E-state index contributed by atoms with van der Waals surface area (Å²) in [5.74, 6) is 0.702. The van der Waals surface area contributed by atoms with E-state index in [0.29, 0.717) is 11.2 Å². The Morgan fingerprint density at radius 3 is 1.70 bits per heavy atom. The fraction of sp³-hybridized carbons (Fsp3) is 0.0222. The minimum absolute atomic E-state index is 0.0269. The second-order valence-electron chi connectivity index (χ2n) is 13.2. The molecular weight excluding hydrogens is 613 g/mol. The topological polar surface area (TPSA) is 44.2 Å². The Hall–Kier alpha value is -6.72. The van der Waals surface area contributed by atoms with Crippen LogP contribution in [0.4, 0.5) is 0 Å². The normalized spacial score (nSPS) is 12.2. The van der Waals surface area contributed by atoms with Crippen LogP contribution in [0.5, 0.6) is 0 Å². The lowest BCUT2D eigenvalue weighted by molar-refractivity contribution is 1.02. The molecule has 11 aromatic rings. The van der Waals surface area contributed by atoms with Crippen molar-refractivity contribution in [2.75, 3.05) is 0 Å². The van der Waals surface area contributed by atoms with Crippen LogP contribution in [0.2, 0.25) is 0 Å². The summed E-state index contributed by atoms with van der Waals surface area (Å²) in [5.41, 5.74) is 10.8. The third-order valence-corrected chi connectivity index (χ3v) is 10.5. The van der Waals surface area contributed by atoms with Gasteiger partial charge in [0.15, 0.2) is 0 Å². The Balaban J connectivity index is 1.17. The zero-order valence-corrected chi connectivity index (χ0v) is 27.1. The fourth-order valence-electron chi connectivity index (χ4n) is 8.40. The first-order valence-corrected chi connectivity index (χ1v) is 16.9. The zero-order chi connectivity index (χ0) is 33.1. The van der Waals surface area contributed by atoms with Crippen LogP contribution >= 0.6 is 0 Å². The van der Waals surface area contributed by atoms with Gasteiger partial charge in [-0.25, -0.2) is 4.98 Å². The van der Waals surface area contributed by atoms with Gasteiger partial charge in [-0.05, 0) is 90.2 Å². The highest BCUT2D eigenvalue weighted by molar-refractivity contribution is 6.18. The van der Waals surface area contributed by atoms with Crippen LogP contribution in [-0.2, 0) is 0 Å². The van der Waals surface area contributed by atoms with Gasteiger partial charge >= 0.3 is 0 Å². The fourth-order valence-corrected chi connectivity index (χ4v) is 8.40. The predicted octanol–water partition coefficient (Wildman–Crippen LogP) is 10.6. The molecule has 0 radical (unpaired) electrons. The second-order valence-corrected chi connectivity index (χ2v) is 13.2. The Kier molecular flexibility index (Phi) is 5.40. The molecule has 234 valence electrons. The molecule has 0 saturated heterocycles. The molecule has 7 aromatic carbocycles. The molecule has 11 rings (SSSR count). The van der Waals surface area contributed by atoms with Gasteiger partial charge in [-0.2, -0.15) is 0 Å². The summed E-state index contributed by atoms with van der Waals surface area (Å²) in [7, 11) is 0. The van der Waals surface area contributed by atoms with Crippen LogP contribution < -0.4 is 5.56 Å². The molecule has 5 nitrogen and oxygen atoms in total. The van der Waals surface area contributed by atoms with Crippen molar-refractivity contribution in [1.82, 2.24) is 18.5 Å². The lowest BCUT2D eigenvalue weighted by atomic mass is 10.0. The molecule has 0 aliphatic carbocycles. The van der Waals surface area contributed by atoms with Crippen molar-refractivity contribution < 1.29 is 0 Å². The van der Waals surface area contributed by atoms with Gasteiger partial charge in [0.1, 0.15) is 5.82 Å². The predicted molar refractivity (Wildman–Crippen MR) is 207 cm³/mol. The van der Waals surface area contributed by atoms with Gasteiger partial charge in [-0.3, -0.25) is 9.20 Å². The highest BCUT2D eigenvalue weighted by Gasteiger charge is 2.22. The van der Waals surface area contributed by atoms with Crippen molar-refractivity contribution in [1.29, 1.82) is 0 Å². The molecule has 0 aliphatic rings. The number of aryl methyl sites for hydroxylation is 1. The molecule has 0 saturated carbocycles. The van der Waals surface area contributed by atoms with E-state index in [2.05, 4.69) is 143 Å². The number of nitrogens with zero attached hydrogens (tertiary/aromatic N) is 4. The molecule has 0 N–H and O–H groups in total. The Morgan fingerprint density at radius 2 is 1.02 bits per heavy atom. The number of aromatic nitrogens is 4. The lowest BCUT2D eigenvalue weighted by Gasteiger charge is -2.14. The molecule has 5 heteroatoms. The third-order valence-electron chi connectivity index (χ3n) is 10.5. The average Bonchev–Trinajstić information content (AvgIpc) is 3.80. The van der Waals surface area contributed by atoms with Gasteiger partial charge in [0, 0.05) is 38.0 Å². The average molecular weight is 641 g/mol. The summed E-state index contributed by atoms with van der Waals surface area (Å²) >= 11 is 0. The zero-order valence-electron chi connectivity index (χ0n) is 27.1. The molecule has 0 amide bonds. The van der Waals surface area contributed by atoms with Crippen LogP contribution in [0.25, 0.3) is 93.3 Å². The Morgan fingerprint density at radius 1 is 0.480 bits per heavy atom. The van der Waals surface area contributed by atoms with Crippen LogP contribution in [0.3, 0.4) is 0 Å². The van der Waals surface area contributed by atoms with Crippen LogP contribution in [0.1, 0.15) is 5.82 Å². The van der Waals surface area contributed by atoms with Crippen molar-refractivity contribution in [3.05, 3.63) is 168 Å². The Bertz CT molecular complexity index is 3240. The maximum absolute atomic E-state index is 13.7. The maximum atomic E-state index is 13.7. The smallest absolute Gasteiger partial charge is 0.264 e. The van der Waals surface area contributed by atoms with Gasteiger partial charge in [0.2, 0.25) is 0 Å². The minimum atomic E-state index is -0.0269. The number of hydrogen-bond acceptors (Lipinski definition) is 2. The molecule has 0 spiro atoms. The minimum Gasteiger partial charge on any atom is -0.309 e. The lowest BCUT2D eigenvalue weighted by Crippen LogP contribution is -2.15.